The molecule has 2 N–H and O–H groups in total. The van der Waals surface area contributed by atoms with Crippen LogP contribution in [0.5, 0.6) is 0 Å². The first-order valence-electron chi connectivity index (χ1n) is 9.74. The molecule has 0 bridgehead atoms. The van der Waals surface area contributed by atoms with Crippen LogP contribution in [0, 0.1) is 0 Å². The van der Waals surface area contributed by atoms with Crippen molar-refractivity contribution < 1.29 is 8.78 Å². The van der Waals surface area contributed by atoms with E-state index in [9.17, 15) is 8.78 Å². The Morgan fingerprint density at radius 3 is 2.27 bits per heavy atom. The number of thiocarbonyl (C=S) groups is 1. The molecule has 1 aliphatic heterocycles. The zero-order valence-electron chi connectivity index (χ0n) is 16.1. The van der Waals surface area contributed by atoms with Crippen LogP contribution in [0.4, 0.5) is 20.2 Å². The van der Waals surface area contributed by atoms with Gasteiger partial charge in [-0.25, -0.2) is 0 Å². The smallest absolute Gasteiger partial charge is 0.288 e. The number of rotatable bonds is 5. The SMILES string of the molecule is FC(F)Sc1ccc(NC(=S)Nc2ccc(-c3nnc4n3CCCCC4)cc2)cc1. The summed E-state index contributed by atoms with van der Waals surface area (Å²) in [5.41, 5.74) is 2.60. The van der Waals surface area contributed by atoms with Crippen molar-refractivity contribution in [3.8, 4) is 11.4 Å². The number of nitrogens with one attached hydrogen (secondary N) is 2. The minimum Gasteiger partial charge on any atom is -0.332 e. The Kier molecular flexibility index (Phi) is 6.59. The van der Waals surface area contributed by atoms with E-state index in [1.54, 1.807) is 24.3 Å². The van der Waals surface area contributed by atoms with Gasteiger partial charge < -0.3 is 15.2 Å². The van der Waals surface area contributed by atoms with Crippen molar-refractivity contribution in [1.29, 1.82) is 0 Å². The van der Waals surface area contributed by atoms with Gasteiger partial charge in [0.1, 0.15) is 5.82 Å². The summed E-state index contributed by atoms with van der Waals surface area (Å²) in [6.45, 7) is 0.959. The van der Waals surface area contributed by atoms with Gasteiger partial charge in [0.2, 0.25) is 0 Å². The second kappa shape index (κ2) is 9.53. The summed E-state index contributed by atoms with van der Waals surface area (Å²) in [4.78, 5) is 0.511. The van der Waals surface area contributed by atoms with Crippen LogP contribution in [-0.4, -0.2) is 25.6 Å². The van der Waals surface area contributed by atoms with Gasteiger partial charge in [0.25, 0.3) is 5.76 Å². The van der Waals surface area contributed by atoms with Crippen molar-refractivity contribution in [3.05, 3.63) is 54.4 Å². The predicted molar refractivity (Wildman–Crippen MR) is 121 cm³/mol. The van der Waals surface area contributed by atoms with Gasteiger partial charge in [-0.15, -0.1) is 10.2 Å². The Morgan fingerprint density at radius 1 is 0.933 bits per heavy atom. The molecule has 0 amide bonds. The molecule has 0 saturated heterocycles. The minimum absolute atomic E-state index is 0.424. The van der Waals surface area contributed by atoms with Gasteiger partial charge in [0.05, 0.1) is 0 Å². The highest BCUT2D eigenvalue weighted by Crippen LogP contribution is 2.27. The molecule has 0 radical (unpaired) electrons. The standard InChI is InChI=1S/C21H21F2N5S2/c22-20(23)30-17-11-9-16(10-12-17)25-21(29)24-15-7-5-14(6-8-15)19-27-26-18-4-2-1-3-13-28(18)19/h5-12,20H,1-4,13H2,(H2,24,25,29). The van der Waals surface area contributed by atoms with Crippen molar-refractivity contribution in [1.82, 2.24) is 14.8 Å². The van der Waals surface area contributed by atoms with Gasteiger partial charge in [-0.05, 0) is 73.6 Å². The largest absolute Gasteiger partial charge is 0.332 e. The Morgan fingerprint density at radius 2 is 1.60 bits per heavy atom. The van der Waals surface area contributed by atoms with E-state index in [0.29, 0.717) is 21.8 Å². The van der Waals surface area contributed by atoms with E-state index in [-0.39, 0.29) is 0 Å². The van der Waals surface area contributed by atoms with E-state index >= 15 is 0 Å². The molecule has 0 atom stereocenters. The molecule has 1 aromatic heterocycles. The van der Waals surface area contributed by atoms with Gasteiger partial charge in [-0.1, -0.05) is 18.2 Å². The van der Waals surface area contributed by atoms with Crippen LogP contribution in [0.2, 0.25) is 0 Å². The van der Waals surface area contributed by atoms with E-state index in [1.165, 1.54) is 12.8 Å². The van der Waals surface area contributed by atoms with E-state index in [4.69, 9.17) is 12.2 Å². The summed E-state index contributed by atoms with van der Waals surface area (Å²) in [6.07, 6.45) is 4.52. The van der Waals surface area contributed by atoms with E-state index in [2.05, 4.69) is 25.4 Å². The molecule has 0 fully saturated rings. The normalized spacial score (nSPS) is 13.6. The van der Waals surface area contributed by atoms with Crippen molar-refractivity contribution in [2.75, 3.05) is 10.6 Å². The monoisotopic (exact) mass is 445 g/mol. The number of anilines is 2. The summed E-state index contributed by atoms with van der Waals surface area (Å²) in [7, 11) is 0. The number of alkyl halides is 2. The highest BCUT2D eigenvalue weighted by molar-refractivity contribution is 7.99. The molecule has 2 aromatic carbocycles. The number of aryl methyl sites for hydroxylation is 1. The lowest BCUT2D eigenvalue weighted by Gasteiger charge is -2.12. The average Bonchev–Trinajstić information content (AvgIpc) is 2.98. The number of halogens is 2. The van der Waals surface area contributed by atoms with Crippen molar-refractivity contribution >= 4 is 40.5 Å². The fourth-order valence-corrected chi connectivity index (χ4v) is 4.15. The van der Waals surface area contributed by atoms with Crippen LogP contribution in [0.3, 0.4) is 0 Å². The van der Waals surface area contributed by atoms with E-state index < -0.39 is 5.76 Å². The first kappa shape index (κ1) is 20.7. The molecule has 156 valence electrons. The average molecular weight is 446 g/mol. The lowest BCUT2D eigenvalue weighted by atomic mass is 10.2. The van der Waals surface area contributed by atoms with Crippen LogP contribution in [0.25, 0.3) is 11.4 Å². The molecule has 0 aliphatic carbocycles. The molecule has 0 saturated carbocycles. The van der Waals surface area contributed by atoms with Crippen LogP contribution in [0.15, 0.2) is 53.4 Å². The number of fused-ring (bicyclic) bond motifs is 1. The van der Waals surface area contributed by atoms with Crippen molar-refractivity contribution in [3.63, 3.8) is 0 Å². The number of hydrogen-bond acceptors (Lipinski definition) is 4. The molecule has 0 unspecified atom stereocenters. The second-order valence-corrected chi connectivity index (χ2v) is 8.43. The number of hydrogen-bond donors (Lipinski definition) is 2. The molecule has 4 rings (SSSR count). The Bertz CT molecular complexity index is 1000. The Hall–Kier alpha value is -2.52. The number of nitrogens with zero attached hydrogens (tertiary/aromatic N) is 3. The molecular weight excluding hydrogens is 424 g/mol. The third-order valence-corrected chi connectivity index (χ3v) is 5.77. The third-order valence-electron chi connectivity index (χ3n) is 4.85. The fraction of sp³-hybridized carbons (Fsp3) is 0.286. The van der Waals surface area contributed by atoms with Crippen molar-refractivity contribution in [2.24, 2.45) is 0 Å². The molecular formula is C21H21F2N5S2. The van der Waals surface area contributed by atoms with Crippen LogP contribution >= 0.6 is 24.0 Å². The third kappa shape index (κ3) is 5.14. The number of aromatic nitrogens is 3. The second-order valence-electron chi connectivity index (χ2n) is 6.96. The minimum atomic E-state index is -2.43. The molecule has 30 heavy (non-hydrogen) atoms. The van der Waals surface area contributed by atoms with Crippen molar-refractivity contribution in [2.45, 2.75) is 42.9 Å². The van der Waals surface area contributed by atoms with Gasteiger partial charge in [0.15, 0.2) is 10.9 Å². The van der Waals surface area contributed by atoms with Crippen LogP contribution < -0.4 is 10.6 Å². The maximum absolute atomic E-state index is 12.4. The van der Waals surface area contributed by atoms with Gasteiger partial charge >= 0.3 is 0 Å². The number of thioether (sulfide) groups is 1. The zero-order valence-corrected chi connectivity index (χ0v) is 17.8. The molecule has 0 spiro atoms. The first-order chi connectivity index (χ1) is 14.6. The molecule has 3 aromatic rings. The quantitative estimate of drug-likeness (QED) is 0.383. The Labute approximate surface area is 183 Å². The first-order valence-corrected chi connectivity index (χ1v) is 11.0. The van der Waals surface area contributed by atoms with Crippen LogP contribution in [-0.2, 0) is 13.0 Å². The number of benzene rings is 2. The topological polar surface area (TPSA) is 54.8 Å². The van der Waals surface area contributed by atoms with Gasteiger partial charge in [-0.2, -0.15) is 8.78 Å². The predicted octanol–water partition coefficient (Wildman–Crippen LogP) is 5.80. The summed E-state index contributed by atoms with van der Waals surface area (Å²) in [5, 5.41) is 15.4. The van der Waals surface area contributed by atoms with E-state index in [0.717, 1.165) is 48.0 Å². The zero-order chi connectivity index (χ0) is 20.9. The lowest BCUT2D eigenvalue weighted by molar-refractivity contribution is 0.252. The summed E-state index contributed by atoms with van der Waals surface area (Å²) < 4.78 is 27.0. The molecule has 2 heterocycles. The van der Waals surface area contributed by atoms with E-state index in [1.807, 2.05) is 24.3 Å². The fourth-order valence-electron chi connectivity index (χ4n) is 3.41. The summed E-state index contributed by atoms with van der Waals surface area (Å²) in [6, 6.07) is 14.6. The van der Waals surface area contributed by atoms with Crippen LogP contribution in [0.1, 0.15) is 25.1 Å². The highest BCUT2D eigenvalue weighted by Gasteiger charge is 2.15. The summed E-state index contributed by atoms with van der Waals surface area (Å²) in [5.74, 6) is -0.462. The lowest BCUT2D eigenvalue weighted by Crippen LogP contribution is -2.18. The molecule has 1 aliphatic rings. The summed E-state index contributed by atoms with van der Waals surface area (Å²) >= 11 is 5.87. The molecule has 9 heteroatoms. The molecule has 5 nitrogen and oxygen atoms in total. The maximum atomic E-state index is 12.4. The van der Waals surface area contributed by atoms with Gasteiger partial charge in [-0.3, -0.25) is 0 Å². The Balaban J connectivity index is 1.38. The van der Waals surface area contributed by atoms with Gasteiger partial charge in [0, 0.05) is 34.8 Å². The highest BCUT2D eigenvalue weighted by atomic mass is 32.2. The maximum Gasteiger partial charge on any atom is 0.288 e.